The third-order valence-corrected chi connectivity index (χ3v) is 13.7. The Morgan fingerprint density at radius 2 is 0.785 bits per heavy atom. The zero-order chi connectivity index (χ0) is 42.6. The Balaban J connectivity index is 0.985. The first-order valence-electron chi connectivity index (χ1n) is 22.3. The largest absolute Gasteiger partial charge is 0.309 e. The van der Waals surface area contributed by atoms with Crippen molar-refractivity contribution in [2.75, 3.05) is 0 Å². The molecule has 0 fully saturated rings. The van der Waals surface area contributed by atoms with Gasteiger partial charge in [-0.15, -0.1) is 0 Å². The van der Waals surface area contributed by atoms with Gasteiger partial charge in [0.25, 0.3) is 0 Å². The van der Waals surface area contributed by atoms with Crippen molar-refractivity contribution in [1.82, 2.24) is 14.5 Å². The highest BCUT2D eigenvalue weighted by Crippen LogP contribution is 2.45. The molecule has 0 aliphatic carbocycles. The third-order valence-electron chi connectivity index (χ3n) is 13.7. The monoisotopic (exact) mass is 823 g/mol. The lowest BCUT2D eigenvalue weighted by Gasteiger charge is -2.17. The number of aromatic nitrogens is 3. The molecule has 0 atom stereocenters. The molecule has 2 heterocycles. The number of nitrogens with zero attached hydrogens (tertiary/aromatic N) is 3. The van der Waals surface area contributed by atoms with Crippen LogP contribution in [0, 0.1) is 0 Å². The molecule has 3 heteroatoms. The number of para-hydroxylation sites is 2. The van der Waals surface area contributed by atoms with Crippen molar-refractivity contribution < 1.29 is 0 Å². The maximum absolute atomic E-state index is 5.37. The minimum atomic E-state index is 0.699. The molecule has 0 radical (unpaired) electrons. The van der Waals surface area contributed by atoms with Crippen LogP contribution in [0.2, 0.25) is 0 Å². The van der Waals surface area contributed by atoms with E-state index in [2.05, 4.69) is 223 Å². The summed E-state index contributed by atoms with van der Waals surface area (Å²) >= 11 is 0. The molecule has 14 rings (SSSR count). The van der Waals surface area contributed by atoms with E-state index in [9.17, 15) is 0 Å². The molecule has 2 aromatic heterocycles. The number of rotatable bonds is 5. The Morgan fingerprint density at radius 1 is 0.277 bits per heavy atom. The van der Waals surface area contributed by atoms with Crippen molar-refractivity contribution in [2.24, 2.45) is 0 Å². The van der Waals surface area contributed by atoms with Crippen molar-refractivity contribution >= 4 is 86.4 Å². The molecule has 0 N–H and O–H groups in total. The summed E-state index contributed by atoms with van der Waals surface area (Å²) in [5.74, 6) is 0.699. The van der Waals surface area contributed by atoms with E-state index in [1.807, 2.05) is 6.07 Å². The molecule has 0 aliphatic heterocycles. The van der Waals surface area contributed by atoms with E-state index >= 15 is 0 Å². The van der Waals surface area contributed by atoms with Gasteiger partial charge >= 0.3 is 0 Å². The van der Waals surface area contributed by atoms with Gasteiger partial charge in [-0.25, -0.2) is 9.97 Å². The van der Waals surface area contributed by atoms with Gasteiger partial charge in [0.2, 0.25) is 0 Å². The van der Waals surface area contributed by atoms with Gasteiger partial charge in [0.05, 0.1) is 22.4 Å². The van der Waals surface area contributed by atoms with Crippen LogP contribution in [0.15, 0.2) is 224 Å². The van der Waals surface area contributed by atoms with Gasteiger partial charge in [0.15, 0.2) is 5.82 Å². The summed E-state index contributed by atoms with van der Waals surface area (Å²) in [6.45, 7) is 0. The first-order chi connectivity index (χ1) is 32.2. The van der Waals surface area contributed by atoms with Gasteiger partial charge in [-0.3, -0.25) is 0 Å². The molecule has 12 aromatic carbocycles. The highest BCUT2D eigenvalue weighted by atomic mass is 15.0. The second-order valence-electron chi connectivity index (χ2n) is 17.3. The molecule has 0 unspecified atom stereocenters. The zero-order valence-corrected chi connectivity index (χ0v) is 35.2. The summed E-state index contributed by atoms with van der Waals surface area (Å²) < 4.78 is 2.38. The minimum Gasteiger partial charge on any atom is -0.309 e. The van der Waals surface area contributed by atoms with Crippen molar-refractivity contribution in [3.05, 3.63) is 224 Å². The Kier molecular flexibility index (Phi) is 7.69. The Bertz CT molecular complexity index is 4200. The maximum atomic E-state index is 5.37. The number of hydrogen-bond acceptors (Lipinski definition) is 2. The van der Waals surface area contributed by atoms with Gasteiger partial charge in [0, 0.05) is 33.2 Å². The van der Waals surface area contributed by atoms with Crippen LogP contribution < -0.4 is 0 Å². The van der Waals surface area contributed by atoms with Crippen LogP contribution in [0.1, 0.15) is 0 Å². The number of fused-ring (bicyclic) bond motifs is 5. The summed E-state index contributed by atoms with van der Waals surface area (Å²) in [7, 11) is 0. The summed E-state index contributed by atoms with van der Waals surface area (Å²) in [6, 6.07) is 81.6. The van der Waals surface area contributed by atoms with E-state index in [4.69, 9.17) is 9.97 Å². The number of benzene rings is 11. The van der Waals surface area contributed by atoms with Crippen molar-refractivity contribution in [3.63, 3.8) is 0 Å². The maximum Gasteiger partial charge on any atom is 0.160 e. The lowest BCUT2D eigenvalue weighted by atomic mass is 9.87. The summed E-state index contributed by atoms with van der Waals surface area (Å²) in [6.07, 6.45) is 0. The van der Waals surface area contributed by atoms with E-state index < -0.39 is 0 Å². The van der Waals surface area contributed by atoms with Crippen molar-refractivity contribution in [3.8, 4) is 50.7 Å². The SMILES string of the molecule is c1ccc(-c2nc(-c3ccc(-c4cccc5c4c4ccccc4n5-c4ccccc4)cc3)cc(-c3cc4ccc5cccc6c7cccc8ccc9cccc(c(c3)c4c56)c9c87)n2)cc1. The molecule has 3 nitrogen and oxygen atoms in total. The summed E-state index contributed by atoms with van der Waals surface area (Å²) in [5.41, 5.74) is 10.7. The lowest BCUT2D eigenvalue weighted by molar-refractivity contribution is 1.18. The molecule has 0 spiro atoms. The van der Waals surface area contributed by atoms with Crippen LogP contribution in [-0.2, 0) is 0 Å². The normalized spacial score (nSPS) is 12.0. The number of hydrogen-bond donors (Lipinski definition) is 0. The average molecular weight is 824 g/mol. The third kappa shape index (κ3) is 5.43. The molecule has 0 bridgehead atoms. The van der Waals surface area contributed by atoms with E-state index in [0.717, 1.165) is 39.3 Å². The predicted octanol–water partition coefficient (Wildman–Crippen LogP) is 16.6. The van der Waals surface area contributed by atoms with Crippen LogP contribution >= 0.6 is 0 Å². The van der Waals surface area contributed by atoms with Crippen molar-refractivity contribution in [1.29, 1.82) is 0 Å². The molecule has 0 saturated carbocycles. The molecule has 65 heavy (non-hydrogen) atoms. The van der Waals surface area contributed by atoms with E-state index in [0.29, 0.717) is 5.82 Å². The molecule has 0 saturated heterocycles. The van der Waals surface area contributed by atoms with E-state index in [1.54, 1.807) is 0 Å². The van der Waals surface area contributed by atoms with Gasteiger partial charge in [-0.05, 0) is 118 Å². The van der Waals surface area contributed by atoms with Crippen LogP contribution in [0.25, 0.3) is 137 Å². The van der Waals surface area contributed by atoms with Gasteiger partial charge in [0.1, 0.15) is 0 Å². The zero-order valence-electron chi connectivity index (χ0n) is 35.2. The smallest absolute Gasteiger partial charge is 0.160 e. The van der Waals surface area contributed by atoms with Crippen molar-refractivity contribution in [2.45, 2.75) is 0 Å². The summed E-state index contributed by atoms with van der Waals surface area (Å²) in [4.78, 5) is 10.6. The van der Waals surface area contributed by atoms with Crippen LogP contribution in [-0.4, -0.2) is 14.5 Å². The fourth-order valence-corrected chi connectivity index (χ4v) is 10.8. The van der Waals surface area contributed by atoms with Gasteiger partial charge in [-0.1, -0.05) is 182 Å². The standard InChI is InChI=1S/C62H37N3/c1-3-13-43(14-4-1)62-63-53(39-29-27-38(28-30-39)47-21-12-26-56-61(47)51-20-7-8-25-55(51)65(56)46-18-5-2-6-19-46)37-54(64-62)45-35-44-34-33-42-16-10-23-49-48-22-9-15-40-31-32-41-17-11-24-50(59(41)57(40)48)52(36-45)60(44)58(42)49/h1-37H. The molecule has 14 aromatic rings. The molecule has 0 aliphatic rings. The quantitative estimate of drug-likeness (QED) is 0.162. The molecular formula is C62H37N3. The van der Waals surface area contributed by atoms with E-state index in [-0.39, 0.29) is 0 Å². The first-order valence-corrected chi connectivity index (χ1v) is 22.3. The van der Waals surface area contributed by atoms with E-state index in [1.165, 1.54) is 92.0 Å². The minimum absolute atomic E-state index is 0.699. The average Bonchev–Trinajstić information content (AvgIpc) is 3.72. The van der Waals surface area contributed by atoms with Crippen LogP contribution in [0.5, 0.6) is 0 Å². The second-order valence-corrected chi connectivity index (χ2v) is 17.3. The highest BCUT2D eigenvalue weighted by molar-refractivity contribution is 6.37. The van der Waals surface area contributed by atoms with Gasteiger partial charge in [-0.2, -0.15) is 0 Å². The fourth-order valence-electron chi connectivity index (χ4n) is 10.8. The molecular weight excluding hydrogens is 787 g/mol. The molecule has 0 amide bonds. The first kappa shape index (κ1) is 35.9. The van der Waals surface area contributed by atoms with Crippen LogP contribution in [0.4, 0.5) is 0 Å². The van der Waals surface area contributed by atoms with Crippen LogP contribution in [0.3, 0.4) is 0 Å². The highest BCUT2D eigenvalue weighted by Gasteiger charge is 2.19. The summed E-state index contributed by atoms with van der Waals surface area (Å²) in [5, 5.41) is 17.6. The van der Waals surface area contributed by atoms with Gasteiger partial charge < -0.3 is 4.57 Å². The lowest BCUT2D eigenvalue weighted by Crippen LogP contribution is -1.96. The second kappa shape index (κ2) is 13.9. The predicted molar refractivity (Wildman–Crippen MR) is 274 cm³/mol. The topological polar surface area (TPSA) is 30.7 Å². The Labute approximate surface area is 374 Å². The fraction of sp³-hybridized carbons (Fsp3) is 0. The Hall–Kier alpha value is -8.66. The Morgan fingerprint density at radius 3 is 1.46 bits per heavy atom. The molecule has 300 valence electrons.